The van der Waals surface area contributed by atoms with Crippen LogP contribution in [0, 0.1) is 0 Å². The molecule has 0 saturated heterocycles. The van der Waals surface area contributed by atoms with Crippen LogP contribution in [0.2, 0.25) is 0 Å². The van der Waals surface area contributed by atoms with Gasteiger partial charge in [0.15, 0.2) is 0 Å². The Labute approximate surface area is 357 Å². The van der Waals surface area contributed by atoms with Crippen LogP contribution in [0.25, 0.3) is 60.9 Å². The molecule has 2 aromatic heterocycles. The maximum Gasteiger partial charge on any atom is 0.265 e. The van der Waals surface area contributed by atoms with E-state index in [0.29, 0.717) is 0 Å². The molecule has 0 bridgehead atoms. The third-order valence-electron chi connectivity index (χ3n) is 13.5. The fourth-order valence-electron chi connectivity index (χ4n) is 10.9. The van der Waals surface area contributed by atoms with E-state index in [2.05, 4.69) is 219 Å². The molecule has 2 nitrogen and oxygen atoms in total. The van der Waals surface area contributed by atoms with Crippen LogP contribution in [0.5, 0.6) is 0 Å². The molecule has 0 unspecified atom stereocenters. The zero-order valence-electron chi connectivity index (χ0n) is 34.6. The molecule has 2 aliphatic heterocycles. The molecule has 0 amide bonds. The first-order valence-corrected chi connectivity index (χ1v) is 21.5. The molecule has 0 radical (unpaired) electrons. The van der Waals surface area contributed by atoms with Crippen LogP contribution < -0.4 is 16.5 Å². The Balaban J connectivity index is 1.28. The number of rotatable bonds is 5. The summed E-state index contributed by atoms with van der Waals surface area (Å²) < 4.78 is 2.63. The maximum absolute atomic E-state index is 4.98. The van der Waals surface area contributed by atoms with Gasteiger partial charge >= 0.3 is 0 Å². The van der Waals surface area contributed by atoms with Gasteiger partial charge in [-0.1, -0.05) is 195 Å². The number of pyridine rings is 1. The van der Waals surface area contributed by atoms with Crippen molar-refractivity contribution in [3.63, 3.8) is 0 Å². The summed E-state index contributed by atoms with van der Waals surface area (Å²) in [5.41, 5.74) is 18.1. The molecule has 0 N–H and O–H groups in total. The number of nitrogens with zero attached hydrogens (tertiary/aromatic N) is 2. The van der Waals surface area contributed by atoms with Gasteiger partial charge in [0.25, 0.3) is 6.71 Å². The molecule has 0 spiro atoms. The van der Waals surface area contributed by atoms with Crippen LogP contribution in [0.4, 0.5) is 0 Å². The molecule has 288 valence electrons. The zero-order valence-corrected chi connectivity index (χ0v) is 34.6. The minimum absolute atomic E-state index is 0.0430. The first-order chi connectivity index (χ1) is 29.9. The van der Waals surface area contributed by atoms with Gasteiger partial charge < -0.3 is 4.57 Å². The topological polar surface area (TPSA) is 17.8 Å². The molecule has 4 heterocycles. The second-order valence-corrected chi connectivity index (χ2v) is 17.9. The van der Waals surface area contributed by atoms with Crippen LogP contribution in [-0.4, -0.2) is 16.3 Å². The van der Waals surface area contributed by atoms with E-state index < -0.39 is 5.41 Å². The van der Waals surface area contributed by atoms with Crippen molar-refractivity contribution < 1.29 is 0 Å². The van der Waals surface area contributed by atoms with Gasteiger partial charge in [-0.3, -0.25) is 4.98 Å². The molecule has 0 fully saturated rings. The predicted molar refractivity (Wildman–Crippen MR) is 257 cm³/mol. The average molecular weight is 779 g/mol. The van der Waals surface area contributed by atoms with Crippen LogP contribution in [0.15, 0.2) is 206 Å². The minimum Gasteiger partial charge on any atom is -0.320 e. The maximum atomic E-state index is 4.98. The summed E-state index contributed by atoms with van der Waals surface area (Å²) in [6.07, 6.45) is 1.92. The standard InChI is InChI=1S/C58H43BN2/c1-57(2,3)42-31-28-39(29-32-42)55-47-24-16-23-46-48-36-41(52-27-14-15-34-60-52)37-50-54(48)59(56(53(46)47)61(55)45-33-30-38-17-10-11-18-40(38)35-45)51-26-13-12-25-49(51)58(50,43-19-6-4-7-20-43)44-21-8-5-9-22-44/h4-37H,1-3H3. The van der Waals surface area contributed by atoms with Crippen molar-refractivity contribution in [2.75, 3.05) is 0 Å². The number of hydrogen-bond donors (Lipinski definition) is 0. The number of benzene rings is 8. The normalized spacial score (nSPS) is 13.6. The lowest BCUT2D eigenvalue weighted by Gasteiger charge is -2.46. The van der Waals surface area contributed by atoms with Gasteiger partial charge in [-0.15, -0.1) is 0 Å². The SMILES string of the molecule is CC(C)(C)c1ccc(-c2c3cccc4c3c(n2-c2ccc3ccccc3c2)B2c3ccccc3C(c3ccccc3)(c3ccccc3)c3cc(-c5ccccn5)cc-4c32)cc1. The van der Waals surface area contributed by atoms with Gasteiger partial charge in [-0.05, 0) is 97.1 Å². The molecule has 12 rings (SSSR count). The molecule has 0 atom stereocenters. The Morgan fingerprint density at radius 3 is 1.93 bits per heavy atom. The highest BCUT2D eigenvalue weighted by atomic mass is 15.0. The molecule has 61 heavy (non-hydrogen) atoms. The Bertz CT molecular complexity index is 3280. The van der Waals surface area contributed by atoms with E-state index in [1.807, 2.05) is 12.3 Å². The van der Waals surface area contributed by atoms with E-state index in [1.165, 1.54) is 94.0 Å². The molecule has 0 saturated carbocycles. The summed E-state index contributed by atoms with van der Waals surface area (Å²) in [5.74, 6) is 0. The Hall–Kier alpha value is -7.23. The van der Waals surface area contributed by atoms with Gasteiger partial charge in [0.1, 0.15) is 0 Å². The minimum atomic E-state index is -0.609. The quantitative estimate of drug-likeness (QED) is 0.159. The highest BCUT2D eigenvalue weighted by molar-refractivity contribution is 6.99. The molecule has 8 aromatic carbocycles. The van der Waals surface area contributed by atoms with Crippen LogP contribution in [0.3, 0.4) is 0 Å². The first-order valence-electron chi connectivity index (χ1n) is 21.5. The smallest absolute Gasteiger partial charge is 0.265 e. The van der Waals surface area contributed by atoms with E-state index >= 15 is 0 Å². The van der Waals surface area contributed by atoms with Crippen LogP contribution >= 0.6 is 0 Å². The van der Waals surface area contributed by atoms with E-state index in [1.54, 1.807) is 0 Å². The highest BCUT2D eigenvalue weighted by Crippen LogP contribution is 2.50. The molecule has 3 heteroatoms. The Kier molecular flexibility index (Phi) is 7.84. The summed E-state index contributed by atoms with van der Waals surface area (Å²) in [6, 6.07) is 75.0. The van der Waals surface area contributed by atoms with E-state index in [-0.39, 0.29) is 12.1 Å². The highest BCUT2D eigenvalue weighted by Gasteiger charge is 2.52. The first kappa shape index (κ1) is 35.7. The largest absolute Gasteiger partial charge is 0.320 e. The van der Waals surface area contributed by atoms with E-state index in [9.17, 15) is 0 Å². The molecule has 0 aliphatic carbocycles. The summed E-state index contributed by atoms with van der Waals surface area (Å²) in [4.78, 5) is 4.98. The number of hydrogen-bond acceptors (Lipinski definition) is 1. The number of fused-ring (bicyclic) bond motifs is 5. The average Bonchev–Trinajstić information content (AvgIpc) is 3.66. The van der Waals surface area contributed by atoms with Crippen LogP contribution in [-0.2, 0) is 10.8 Å². The second kappa shape index (κ2) is 13.4. The van der Waals surface area contributed by atoms with Crippen molar-refractivity contribution >= 4 is 44.8 Å². The van der Waals surface area contributed by atoms with E-state index in [0.717, 1.165) is 11.3 Å². The fraction of sp³-hybridized carbons (Fsp3) is 0.0862. The van der Waals surface area contributed by atoms with Crippen molar-refractivity contribution in [1.82, 2.24) is 9.55 Å². The third-order valence-corrected chi connectivity index (χ3v) is 13.5. The zero-order chi connectivity index (χ0) is 40.9. The summed E-state index contributed by atoms with van der Waals surface area (Å²) >= 11 is 0. The number of aromatic nitrogens is 2. The van der Waals surface area contributed by atoms with Crippen molar-refractivity contribution in [2.45, 2.75) is 31.6 Å². The van der Waals surface area contributed by atoms with Gasteiger partial charge in [-0.25, -0.2) is 0 Å². The van der Waals surface area contributed by atoms with Gasteiger partial charge in [0.2, 0.25) is 0 Å². The van der Waals surface area contributed by atoms with Crippen molar-refractivity contribution in [2.24, 2.45) is 0 Å². The van der Waals surface area contributed by atoms with Gasteiger partial charge in [0, 0.05) is 33.8 Å². The van der Waals surface area contributed by atoms with Gasteiger partial charge in [-0.2, -0.15) is 0 Å². The fourth-order valence-corrected chi connectivity index (χ4v) is 10.9. The lowest BCUT2D eigenvalue weighted by Crippen LogP contribution is -2.65. The third kappa shape index (κ3) is 5.20. The molecular weight excluding hydrogens is 735 g/mol. The Morgan fingerprint density at radius 1 is 0.525 bits per heavy atom. The molecule has 10 aromatic rings. The Morgan fingerprint density at radius 2 is 1.21 bits per heavy atom. The summed E-state index contributed by atoms with van der Waals surface area (Å²) in [5, 5.41) is 5.04. The van der Waals surface area contributed by atoms with Crippen molar-refractivity contribution in [3.05, 3.63) is 234 Å². The summed E-state index contributed by atoms with van der Waals surface area (Å²) in [6.45, 7) is 6.82. The monoisotopic (exact) mass is 778 g/mol. The summed E-state index contributed by atoms with van der Waals surface area (Å²) in [7, 11) is 0. The predicted octanol–water partition coefficient (Wildman–Crippen LogP) is 12.0. The lowest BCUT2D eigenvalue weighted by molar-refractivity contribution is 0.590. The van der Waals surface area contributed by atoms with Crippen LogP contribution in [0.1, 0.15) is 48.6 Å². The molecular formula is C58H43BN2. The second-order valence-electron chi connectivity index (χ2n) is 17.9. The van der Waals surface area contributed by atoms with Crippen molar-refractivity contribution in [3.8, 4) is 39.3 Å². The van der Waals surface area contributed by atoms with E-state index in [4.69, 9.17) is 4.98 Å². The molecule has 2 aliphatic rings. The lowest BCUT2D eigenvalue weighted by atomic mass is 9.29. The van der Waals surface area contributed by atoms with Gasteiger partial charge in [0.05, 0.1) is 16.8 Å². The van der Waals surface area contributed by atoms with Crippen molar-refractivity contribution in [1.29, 1.82) is 0 Å².